The molecule has 5 N–H and O–H groups in total. The highest BCUT2D eigenvalue weighted by atomic mass is 35.5. The fraction of sp³-hybridized carbons (Fsp3) is 0.565. The molecule has 200 valence electrons. The summed E-state index contributed by atoms with van der Waals surface area (Å²) in [6.45, 7) is 6.07. The Morgan fingerprint density at radius 1 is 1.31 bits per heavy atom. The van der Waals surface area contributed by atoms with Crippen LogP contribution in [0.15, 0.2) is 34.9 Å². The van der Waals surface area contributed by atoms with Crippen LogP contribution in [0.1, 0.15) is 39.2 Å². The zero-order chi connectivity index (χ0) is 26.8. The quantitative estimate of drug-likeness (QED) is 0.337. The maximum Gasteiger partial charge on any atom is 0.353 e. The minimum absolute atomic E-state index is 0.0407. The molecule has 0 saturated carbocycles. The van der Waals surface area contributed by atoms with Crippen molar-refractivity contribution in [2.45, 2.75) is 63.6 Å². The summed E-state index contributed by atoms with van der Waals surface area (Å²) in [7, 11) is -3.87. The number of hydrogen-bond acceptors (Lipinski definition) is 7. The summed E-state index contributed by atoms with van der Waals surface area (Å²) in [6, 6.07) is 6.77. The molecule has 0 bridgehead atoms. The van der Waals surface area contributed by atoms with E-state index in [1.807, 2.05) is 19.1 Å². The number of likely N-dealkylation sites (tertiary alicyclic amines) is 1. The van der Waals surface area contributed by atoms with E-state index in [4.69, 9.17) is 16.7 Å². The molecule has 3 rings (SSSR count). The molecular formula is C23H33ClN4O6S2. The van der Waals surface area contributed by atoms with Crippen LogP contribution in [0, 0.1) is 5.92 Å². The van der Waals surface area contributed by atoms with Gasteiger partial charge in [0.15, 0.2) is 0 Å². The van der Waals surface area contributed by atoms with E-state index in [-0.39, 0.29) is 41.8 Å². The van der Waals surface area contributed by atoms with Crippen LogP contribution >= 0.6 is 23.4 Å². The van der Waals surface area contributed by atoms with Gasteiger partial charge >= 0.3 is 5.97 Å². The van der Waals surface area contributed by atoms with Crippen LogP contribution in [0.2, 0.25) is 5.02 Å². The predicted octanol–water partition coefficient (Wildman–Crippen LogP) is 1.74. The Labute approximate surface area is 221 Å². The summed E-state index contributed by atoms with van der Waals surface area (Å²) in [4.78, 5) is 28.7. The van der Waals surface area contributed by atoms with E-state index < -0.39 is 28.3 Å². The molecule has 10 nitrogen and oxygen atoms in total. The number of nitrogens with one attached hydrogen (secondary N) is 1. The lowest BCUT2D eigenvalue weighted by Gasteiger charge is -2.28. The monoisotopic (exact) mass is 560 g/mol. The molecule has 0 unspecified atom stereocenters. The van der Waals surface area contributed by atoms with Gasteiger partial charge in [-0.05, 0) is 37.5 Å². The van der Waals surface area contributed by atoms with E-state index in [0.717, 1.165) is 5.56 Å². The molecule has 2 heterocycles. The molecule has 1 fully saturated rings. The second kappa shape index (κ2) is 11.8. The second-order valence-corrected chi connectivity index (χ2v) is 12.6. The molecule has 2 aliphatic rings. The first-order valence-corrected chi connectivity index (χ1v) is 14.4. The molecule has 0 aromatic heterocycles. The van der Waals surface area contributed by atoms with Crippen molar-refractivity contribution in [3.63, 3.8) is 0 Å². The molecule has 0 radical (unpaired) electrons. The number of benzene rings is 1. The zero-order valence-corrected chi connectivity index (χ0v) is 22.8. The number of aliphatic carboxylic acids is 1. The van der Waals surface area contributed by atoms with Gasteiger partial charge < -0.3 is 15.1 Å². The number of carbonyl (C=O) groups is 2. The number of halogens is 1. The van der Waals surface area contributed by atoms with Crippen LogP contribution in [0.3, 0.4) is 0 Å². The van der Waals surface area contributed by atoms with Crippen molar-refractivity contribution in [2.75, 3.05) is 13.1 Å². The first kappa shape index (κ1) is 28.9. The number of aliphatic hydroxyl groups excluding tert-OH is 1. The van der Waals surface area contributed by atoms with E-state index in [9.17, 15) is 28.2 Å². The number of amides is 1. The molecule has 1 saturated heterocycles. The van der Waals surface area contributed by atoms with Gasteiger partial charge in [-0.1, -0.05) is 30.7 Å². The maximum absolute atomic E-state index is 12.4. The Kier molecular flexibility index (Phi) is 9.47. The highest BCUT2D eigenvalue weighted by Crippen LogP contribution is 2.46. The smallest absolute Gasteiger partial charge is 0.353 e. The zero-order valence-electron chi connectivity index (χ0n) is 20.4. The van der Waals surface area contributed by atoms with E-state index >= 15 is 0 Å². The number of nitrogens with two attached hydrogens (primary N) is 1. The summed E-state index contributed by atoms with van der Waals surface area (Å²) >= 11 is 7.42. The lowest BCUT2D eigenvalue weighted by Crippen LogP contribution is -2.42. The second-order valence-electron chi connectivity index (χ2n) is 9.43. The highest BCUT2D eigenvalue weighted by molar-refractivity contribution is 8.03. The fourth-order valence-corrected chi connectivity index (χ4v) is 7.13. The van der Waals surface area contributed by atoms with Gasteiger partial charge in [0.05, 0.1) is 6.10 Å². The number of aliphatic hydroxyl groups is 1. The van der Waals surface area contributed by atoms with Crippen molar-refractivity contribution in [3.05, 3.63) is 45.5 Å². The molecule has 13 heteroatoms. The SMILES string of the molecule is CC(=O)N1C(C(=O)O)=C(S[C@H]2C[C@@H](CNS(N)(=O)=O)N(Cc3ccc(Cl)cc3)C2)[C@H](C)[C@@H]1C[C@@H](C)O. The van der Waals surface area contributed by atoms with E-state index in [1.54, 1.807) is 19.1 Å². The van der Waals surface area contributed by atoms with Crippen LogP contribution < -0.4 is 9.86 Å². The molecule has 1 aromatic carbocycles. The van der Waals surface area contributed by atoms with E-state index in [1.165, 1.54) is 23.6 Å². The predicted molar refractivity (Wildman–Crippen MR) is 139 cm³/mol. The standard InChI is InChI=1S/C23H33ClN4O6S2/c1-13(29)8-20-14(2)22(21(23(31)32)28(20)15(3)30)35-19-9-18(10-26-36(25,33)34)27(12-19)11-16-4-6-17(24)7-5-16/h4-7,13-14,18-20,26,29H,8-12H2,1-3H3,(H,31,32)(H2,25,33,34)/t13-,14-,18+,19+,20+/m1/s1. The number of rotatable bonds is 10. The Hall–Kier alpha value is -1.67. The summed E-state index contributed by atoms with van der Waals surface area (Å²) < 4.78 is 25.4. The average Bonchev–Trinajstić information content (AvgIpc) is 3.26. The lowest BCUT2D eigenvalue weighted by atomic mass is 9.98. The van der Waals surface area contributed by atoms with Crippen molar-refractivity contribution >= 4 is 45.4 Å². The molecule has 0 aliphatic carbocycles. The van der Waals surface area contributed by atoms with Crippen LogP contribution in [-0.4, -0.2) is 76.8 Å². The number of hydrogen-bond donors (Lipinski definition) is 4. The Morgan fingerprint density at radius 3 is 2.47 bits per heavy atom. The van der Waals surface area contributed by atoms with Gasteiger partial charge in [-0.25, -0.2) is 14.7 Å². The van der Waals surface area contributed by atoms with E-state index in [2.05, 4.69) is 9.62 Å². The lowest BCUT2D eigenvalue weighted by molar-refractivity contribution is -0.140. The van der Waals surface area contributed by atoms with Crippen molar-refractivity contribution in [1.82, 2.24) is 14.5 Å². The minimum Gasteiger partial charge on any atom is -0.477 e. The van der Waals surface area contributed by atoms with Gasteiger partial charge in [0.1, 0.15) is 5.70 Å². The molecule has 5 atom stereocenters. The first-order valence-electron chi connectivity index (χ1n) is 11.6. The molecule has 36 heavy (non-hydrogen) atoms. The van der Waals surface area contributed by atoms with Crippen LogP contribution in [0.4, 0.5) is 0 Å². The molecule has 1 amide bonds. The minimum atomic E-state index is -3.87. The molecule has 1 aromatic rings. The molecular weight excluding hydrogens is 528 g/mol. The highest BCUT2D eigenvalue weighted by Gasteiger charge is 2.45. The van der Waals surface area contributed by atoms with Crippen LogP contribution in [0.5, 0.6) is 0 Å². The summed E-state index contributed by atoms with van der Waals surface area (Å²) in [5, 5.41) is 25.7. The average molecular weight is 561 g/mol. The first-order chi connectivity index (χ1) is 16.8. The van der Waals surface area contributed by atoms with E-state index in [0.29, 0.717) is 29.4 Å². The van der Waals surface area contributed by atoms with Gasteiger partial charge in [-0.3, -0.25) is 9.69 Å². The van der Waals surface area contributed by atoms with Gasteiger partial charge in [-0.2, -0.15) is 8.42 Å². The number of carboxylic acids is 1. The van der Waals surface area contributed by atoms with Crippen molar-refractivity contribution in [1.29, 1.82) is 0 Å². The number of thioether (sulfide) groups is 1. The van der Waals surface area contributed by atoms with Crippen LogP contribution in [0.25, 0.3) is 0 Å². The van der Waals surface area contributed by atoms with Gasteiger partial charge in [0, 0.05) is 59.7 Å². The fourth-order valence-electron chi connectivity index (χ4n) is 4.97. The summed E-state index contributed by atoms with van der Waals surface area (Å²) in [5.74, 6) is -1.84. The third kappa shape index (κ3) is 7.21. The Morgan fingerprint density at radius 2 is 1.94 bits per heavy atom. The van der Waals surface area contributed by atoms with Gasteiger partial charge in [0.2, 0.25) is 5.91 Å². The molecule has 2 aliphatic heterocycles. The maximum atomic E-state index is 12.4. The third-order valence-corrected chi connectivity index (χ3v) is 8.84. The van der Waals surface area contributed by atoms with Crippen molar-refractivity contribution < 1.29 is 28.2 Å². The Bertz CT molecular complexity index is 1110. The third-order valence-electron chi connectivity index (χ3n) is 6.52. The van der Waals surface area contributed by atoms with Gasteiger partial charge in [0.25, 0.3) is 10.2 Å². The van der Waals surface area contributed by atoms with Crippen molar-refractivity contribution in [3.8, 4) is 0 Å². The summed E-state index contributed by atoms with van der Waals surface area (Å²) in [5.41, 5.74) is 0.964. The number of carboxylic acid groups (broad SMARTS) is 1. The van der Waals surface area contributed by atoms with Crippen molar-refractivity contribution in [2.24, 2.45) is 11.1 Å². The number of nitrogens with zero attached hydrogens (tertiary/aromatic N) is 2. The van der Waals surface area contributed by atoms with Gasteiger partial charge in [-0.15, -0.1) is 11.8 Å². The van der Waals surface area contributed by atoms with Crippen LogP contribution in [-0.2, 0) is 26.3 Å². The largest absolute Gasteiger partial charge is 0.477 e. The normalized spacial score (nSPS) is 26.0. The molecule has 0 spiro atoms. The topological polar surface area (TPSA) is 153 Å². The number of carbonyl (C=O) groups excluding carboxylic acids is 1. The summed E-state index contributed by atoms with van der Waals surface area (Å²) in [6.07, 6.45) is 0.148. The Balaban J connectivity index is 1.86.